The smallest absolute Gasteiger partial charge is 0.0854 e. The molecule has 0 spiro atoms. The Labute approximate surface area is 125 Å². The molecule has 0 aliphatic heterocycles. The van der Waals surface area contributed by atoms with Crippen LogP contribution in [0.5, 0.6) is 0 Å². The number of alkyl halides is 1. The molecule has 0 saturated carbocycles. The Balaban J connectivity index is 2.93. The van der Waals surface area contributed by atoms with Crippen molar-refractivity contribution in [2.24, 2.45) is 0 Å². The van der Waals surface area contributed by atoms with Gasteiger partial charge >= 0.3 is 0 Å². The molecule has 0 aromatic heterocycles. The fourth-order valence-electron chi connectivity index (χ4n) is 0.783. The predicted octanol–water partition coefficient (Wildman–Crippen LogP) is 4.07. The maximum absolute atomic E-state index is 2.58. The van der Waals surface area contributed by atoms with E-state index in [0.717, 1.165) is 4.43 Å². The highest BCUT2D eigenvalue weighted by molar-refractivity contribution is 14.4. The van der Waals surface area contributed by atoms with E-state index in [2.05, 4.69) is 112 Å². The average Bonchev–Trinajstić information content (AvgIpc) is 2.03. The molecule has 12 heavy (non-hydrogen) atoms. The summed E-state index contributed by atoms with van der Waals surface area (Å²) < 4.78 is -0.0540. The van der Waals surface area contributed by atoms with Gasteiger partial charge in [0.15, 0.2) is 0 Å². The van der Waals surface area contributed by atoms with Crippen LogP contribution in [0.2, 0.25) is 0 Å². The number of rotatable bonds is 2. The van der Waals surface area contributed by atoms with Gasteiger partial charge in [-0.2, -0.15) is 0 Å². The quantitative estimate of drug-likeness (QED) is 0.201. The van der Waals surface area contributed by atoms with E-state index < -0.39 is 0.564 Å². The summed E-state index contributed by atoms with van der Waals surface area (Å²) >= 11 is 10.1. The highest BCUT2D eigenvalue weighted by atomic mass is 127. The van der Waals surface area contributed by atoms with Crippen molar-refractivity contribution in [2.45, 2.75) is 4.43 Å². The van der Waals surface area contributed by atoms with E-state index in [4.69, 9.17) is 0 Å². The van der Waals surface area contributed by atoms with Gasteiger partial charge in [-0.3, -0.25) is 0 Å². The Morgan fingerprint density at radius 1 is 1.00 bits per heavy atom. The van der Waals surface area contributed by atoms with Crippen LogP contribution in [0.25, 0.3) is 0 Å². The molecular weight excluding hydrogens is 620 g/mol. The van der Waals surface area contributed by atoms with E-state index >= 15 is 0 Å². The van der Waals surface area contributed by atoms with Gasteiger partial charge in [-0.15, -0.1) is 0 Å². The second-order valence-electron chi connectivity index (χ2n) is 2.33. The molecule has 0 aliphatic rings. The van der Waals surface area contributed by atoms with E-state index in [-0.39, 0.29) is 0 Å². The Morgan fingerprint density at radius 2 is 1.50 bits per heavy atom. The van der Waals surface area contributed by atoms with E-state index in [1.54, 1.807) is 0 Å². The van der Waals surface area contributed by atoms with Crippen molar-refractivity contribution in [3.8, 4) is 0 Å². The van der Waals surface area contributed by atoms with Crippen LogP contribution in [0.15, 0.2) is 24.3 Å². The summed E-state index contributed by atoms with van der Waals surface area (Å²) in [7, 11) is 0. The molecule has 5 heteroatoms. The van der Waals surface area contributed by atoms with E-state index in [1.807, 2.05) is 0 Å². The van der Waals surface area contributed by atoms with Crippen LogP contribution in [-0.2, 0) is 4.43 Å². The fraction of sp³-hybridized carbons (Fsp3) is 0.143. The minimum atomic E-state index is -1.16. The lowest BCUT2D eigenvalue weighted by atomic mass is 10.2. The molecule has 0 nitrogen and oxygen atoms in total. The van der Waals surface area contributed by atoms with Crippen LogP contribution in [0.4, 0.5) is 0 Å². The molecule has 0 aliphatic carbocycles. The summed E-state index contributed by atoms with van der Waals surface area (Å²) in [5, 5.41) is 1.51. The Bertz CT molecular complexity index is 251. The van der Waals surface area contributed by atoms with Gasteiger partial charge in [0, 0.05) is 4.43 Å². The predicted molar refractivity (Wildman–Crippen MR) is 91.6 cm³/mol. The second kappa shape index (κ2) is 5.44. The summed E-state index contributed by atoms with van der Waals surface area (Å²) in [6.45, 7) is 0. The maximum Gasteiger partial charge on any atom is 0.283 e. The number of halogens is 4. The molecule has 1 aromatic carbocycles. The first-order valence-corrected chi connectivity index (χ1v) is 16.1. The Morgan fingerprint density at radius 3 is 1.83 bits per heavy atom. The molecule has 0 bridgehead atoms. The lowest BCUT2D eigenvalue weighted by molar-refractivity contribution is 1.47. The van der Waals surface area contributed by atoms with Gasteiger partial charge < -0.3 is 0 Å². The van der Waals surface area contributed by atoms with Crippen LogP contribution < -0.4 is 5.19 Å². The lowest BCUT2D eigenvalue weighted by Gasteiger charge is -2.09. The number of hydrogen-bond donors (Lipinski definition) is 0. The highest BCUT2D eigenvalue weighted by Gasteiger charge is 2.23. The summed E-state index contributed by atoms with van der Waals surface area (Å²) in [6, 6.07) is 9.01. The van der Waals surface area contributed by atoms with Crippen molar-refractivity contribution in [2.75, 3.05) is 0 Å². The van der Waals surface area contributed by atoms with E-state index in [1.165, 1.54) is 10.8 Å². The van der Waals surface area contributed by atoms with Crippen LogP contribution >= 0.6 is 88.0 Å². The fourth-order valence-corrected chi connectivity index (χ4v) is 5.07. The third kappa shape index (κ3) is 3.85. The summed E-state index contributed by atoms with van der Waals surface area (Å²) in [5.74, 6) is 0. The zero-order chi connectivity index (χ0) is 9.19. The SMILES string of the molecule is ICc1ccc([Si](I)(I)I)cc1. The van der Waals surface area contributed by atoms with Gasteiger partial charge in [-0.05, 0) is 10.8 Å². The summed E-state index contributed by atoms with van der Waals surface area (Å²) in [6.07, 6.45) is 0. The first-order chi connectivity index (χ1) is 5.54. The molecule has 0 N–H and O–H groups in total. The molecule has 0 saturated heterocycles. The van der Waals surface area contributed by atoms with Crippen molar-refractivity contribution in [1.82, 2.24) is 0 Å². The van der Waals surface area contributed by atoms with Gasteiger partial charge in [-0.1, -0.05) is 112 Å². The molecule has 0 amide bonds. The van der Waals surface area contributed by atoms with Crippen molar-refractivity contribution in [3.05, 3.63) is 29.8 Å². The normalized spacial score (nSPS) is 11.7. The minimum Gasteiger partial charge on any atom is -0.0854 e. The van der Waals surface area contributed by atoms with Gasteiger partial charge in [0.05, 0.1) is 0 Å². The lowest BCUT2D eigenvalue weighted by Crippen LogP contribution is -2.27. The summed E-state index contributed by atoms with van der Waals surface area (Å²) in [5.41, 5.74) is 1.42. The summed E-state index contributed by atoms with van der Waals surface area (Å²) in [4.78, 5) is 0. The Hall–Kier alpha value is 2.36. The third-order valence-corrected chi connectivity index (χ3v) is 8.91. The van der Waals surface area contributed by atoms with Crippen molar-refractivity contribution < 1.29 is 0 Å². The molecular formula is C7H6I4Si. The van der Waals surface area contributed by atoms with E-state index in [0.29, 0.717) is 0 Å². The zero-order valence-corrected chi connectivity index (χ0v) is 15.7. The van der Waals surface area contributed by atoms with Gasteiger partial charge in [0.1, 0.15) is 0 Å². The van der Waals surface area contributed by atoms with Crippen molar-refractivity contribution in [1.29, 1.82) is 0 Å². The topological polar surface area (TPSA) is 0 Å². The molecule has 66 valence electrons. The molecule has 0 atom stereocenters. The third-order valence-electron chi connectivity index (χ3n) is 1.44. The monoisotopic (exact) mass is 626 g/mol. The van der Waals surface area contributed by atoms with Crippen LogP contribution in [0.3, 0.4) is 0 Å². The number of hydrogen-bond acceptors (Lipinski definition) is 0. The van der Waals surface area contributed by atoms with Crippen LogP contribution in [0.1, 0.15) is 5.56 Å². The second-order valence-corrected chi connectivity index (χ2v) is 37.8. The zero-order valence-electron chi connectivity index (χ0n) is 6.03. The largest absolute Gasteiger partial charge is 0.283 e. The molecule has 1 aromatic rings. The van der Waals surface area contributed by atoms with Gasteiger partial charge in [0.2, 0.25) is 0 Å². The first-order valence-electron chi connectivity index (χ1n) is 3.26. The molecule has 0 radical (unpaired) electrons. The van der Waals surface area contributed by atoms with Gasteiger partial charge in [0.25, 0.3) is 0.564 Å². The van der Waals surface area contributed by atoms with Crippen LogP contribution in [0, 0.1) is 0 Å². The standard InChI is InChI=1S/C7H6I4Si/c8-5-6-1-3-7(4-2-6)12(9,10)11/h1-4H,5H2. The first kappa shape index (κ1) is 12.4. The minimum absolute atomic E-state index is 1.11. The average molecular weight is 626 g/mol. The van der Waals surface area contributed by atoms with E-state index in [9.17, 15) is 0 Å². The molecule has 1 rings (SSSR count). The molecule has 0 fully saturated rings. The van der Waals surface area contributed by atoms with Crippen molar-refractivity contribution in [3.63, 3.8) is 0 Å². The van der Waals surface area contributed by atoms with Crippen LogP contribution in [-0.4, -0.2) is 0.564 Å². The Kier molecular flexibility index (Phi) is 5.64. The highest BCUT2D eigenvalue weighted by Crippen LogP contribution is 2.28. The maximum atomic E-state index is 2.58. The number of benzene rings is 1. The van der Waals surface area contributed by atoms with Gasteiger partial charge in [-0.25, -0.2) is 0 Å². The van der Waals surface area contributed by atoms with Crippen molar-refractivity contribution >= 4 is 93.7 Å². The molecule has 0 unspecified atom stereocenters. The molecule has 0 heterocycles.